The van der Waals surface area contributed by atoms with Gasteiger partial charge in [0.05, 0.1) is 5.56 Å². The van der Waals surface area contributed by atoms with E-state index in [0.717, 1.165) is 38.8 Å². The fourth-order valence-electron chi connectivity index (χ4n) is 2.87. The second kappa shape index (κ2) is 4.83. The van der Waals surface area contributed by atoms with Crippen molar-refractivity contribution in [3.05, 3.63) is 23.2 Å². The zero-order chi connectivity index (χ0) is 13.4. The second-order valence-corrected chi connectivity index (χ2v) is 5.70. The van der Waals surface area contributed by atoms with Crippen molar-refractivity contribution in [2.45, 2.75) is 39.0 Å². The monoisotopic (exact) mass is 261 g/mol. The number of nitrogens with zero attached hydrogens (tertiary/aromatic N) is 1. The maximum absolute atomic E-state index is 12.4. The maximum atomic E-state index is 12.4. The quantitative estimate of drug-likeness (QED) is 0.781. The molecule has 1 aromatic rings. The van der Waals surface area contributed by atoms with E-state index in [9.17, 15) is 9.59 Å². The number of carbonyl (C=O) groups is 2. The summed E-state index contributed by atoms with van der Waals surface area (Å²) < 4.78 is 5.61. The van der Waals surface area contributed by atoms with Gasteiger partial charge in [-0.15, -0.1) is 0 Å². The van der Waals surface area contributed by atoms with Crippen molar-refractivity contribution < 1.29 is 14.0 Å². The summed E-state index contributed by atoms with van der Waals surface area (Å²) in [5.74, 6) is 1.78. The summed E-state index contributed by atoms with van der Waals surface area (Å²) in [5, 5.41) is 0. The summed E-state index contributed by atoms with van der Waals surface area (Å²) in [4.78, 5) is 25.9. The highest BCUT2D eigenvalue weighted by Gasteiger charge is 2.28. The molecule has 0 N–H and O–H groups in total. The maximum Gasteiger partial charge on any atom is 0.289 e. The van der Waals surface area contributed by atoms with Crippen molar-refractivity contribution in [1.29, 1.82) is 0 Å². The average molecular weight is 261 g/mol. The Hall–Kier alpha value is -1.58. The molecule has 3 rings (SSSR count). The molecule has 0 saturated carbocycles. The molecule has 1 aliphatic carbocycles. The van der Waals surface area contributed by atoms with Gasteiger partial charge in [0.2, 0.25) is 0 Å². The molecule has 1 amide bonds. The molecule has 1 fully saturated rings. The lowest BCUT2D eigenvalue weighted by atomic mass is 9.97. The van der Waals surface area contributed by atoms with Crippen LogP contribution in [0.3, 0.4) is 0 Å². The van der Waals surface area contributed by atoms with Crippen LogP contribution in [0.2, 0.25) is 0 Å². The van der Waals surface area contributed by atoms with Crippen LogP contribution < -0.4 is 0 Å². The van der Waals surface area contributed by atoms with Crippen molar-refractivity contribution >= 4 is 11.7 Å². The molecule has 0 bridgehead atoms. The summed E-state index contributed by atoms with van der Waals surface area (Å²) in [6.07, 6.45) is 4.26. The van der Waals surface area contributed by atoms with Crippen molar-refractivity contribution in [1.82, 2.24) is 4.90 Å². The first-order valence-electron chi connectivity index (χ1n) is 7.10. The van der Waals surface area contributed by atoms with E-state index in [0.29, 0.717) is 29.4 Å². The highest BCUT2D eigenvalue weighted by Crippen LogP contribution is 2.26. The molecule has 4 nitrogen and oxygen atoms in total. The number of likely N-dealkylation sites (tertiary alicyclic amines) is 1. The molecule has 1 aliphatic heterocycles. The first kappa shape index (κ1) is 12.5. The lowest BCUT2D eigenvalue weighted by Gasteiger charge is -2.29. The molecule has 0 atom stereocenters. The third kappa shape index (κ3) is 2.31. The van der Waals surface area contributed by atoms with Gasteiger partial charge in [-0.25, -0.2) is 0 Å². The van der Waals surface area contributed by atoms with Gasteiger partial charge in [-0.2, -0.15) is 0 Å². The molecule has 0 aromatic carbocycles. The highest BCUT2D eigenvalue weighted by atomic mass is 16.4. The summed E-state index contributed by atoms with van der Waals surface area (Å²) >= 11 is 0. The second-order valence-electron chi connectivity index (χ2n) is 5.70. The number of Topliss-reactive ketones (excluding diaryl/α,β-unsaturated/α-hetero) is 1. The van der Waals surface area contributed by atoms with E-state index >= 15 is 0 Å². The Morgan fingerprint density at radius 1 is 1.32 bits per heavy atom. The topological polar surface area (TPSA) is 50.5 Å². The normalized spacial score (nSPS) is 20.5. The van der Waals surface area contributed by atoms with Gasteiger partial charge in [0.1, 0.15) is 5.76 Å². The minimum absolute atomic E-state index is 0.0610. The van der Waals surface area contributed by atoms with Gasteiger partial charge in [-0.05, 0) is 25.2 Å². The SMILES string of the molecule is CC1CCN(C(=O)c2cc3c(o2)CCCC3=O)CC1. The van der Waals surface area contributed by atoms with Crippen LogP contribution in [0.1, 0.15) is 59.3 Å². The minimum Gasteiger partial charge on any atom is -0.455 e. The van der Waals surface area contributed by atoms with Crippen LogP contribution in [0.4, 0.5) is 0 Å². The fraction of sp³-hybridized carbons (Fsp3) is 0.600. The van der Waals surface area contributed by atoms with Crippen molar-refractivity contribution in [3.8, 4) is 0 Å². The summed E-state index contributed by atoms with van der Waals surface area (Å²) in [7, 11) is 0. The number of piperidine rings is 1. The van der Waals surface area contributed by atoms with E-state index in [1.807, 2.05) is 4.90 Å². The Morgan fingerprint density at radius 3 is 2.74 bits per heavy atom. The molecule has 4 heteroatoms. The van der Waals surface area contributed by atoms with E-state index in [4.69, 9.17) is 4.42 Å². The predicted molar refractivity (Wildman–Crippen MR) is 70.3 cm³/mol. The molecule has 1 aromatic heterocycles. The van der Waals surface area contributed by atoms with Crippen molar-refractivity contribution in [2.24, 2.45) is 5.92 Å². The number of fused-ring (bicyclic) bond motifs is 1. The van der Waals surface area contributed by atoms with Gasteiger partial charge in [-0.1, -0.05) is 6.92 Å². The zero-order valence-electron chi connectivity index (χ0n) is 11.3. The summed E-state index contributed by atoms with van der Waals surface area (Å²) in [6, 6.07) is 1.65. The number of ketones is 1. The molecule has 2 heterocycles. The Balaban J connectivity index is 1.79. The van der Waals surface area contributed by atoms with Crippen molar-refractivity contribution in [2.75, 3.05) is 13.1 Å². The van der Waals surface area contributed by atoms with Crippen LogP contribution in [0.25, 0.3) is 0 Å². The number of hydrogen-bond donors (Lipinski definition) is 0. The number of amides is 1. The molecule has 0 unspecified atom stereocenters. The molecule has 102 valence electrons. The van der Waals surface area contributed by atoms with E-state index in [-0.39, 0.29) is 11.7 Å². The molecule has 1 saturated heterocycles. The van der Waals surface area contributed by atoms with E-state index in [2.05, 4.69) is 6.92 Å². The first-order chi connectivity index (χ1) is 9.15. The number of carbonyl (C=O) groups excluding carboxylic acids is 2. The molecule has 2 aliphatic rings. The average Bonchev–Trinajstić information content (AvgIpc) is 2.84. The number of aryl methyl sites for hydroxylation is 1. The summed E-state index contributed by atoms with van der Waals surface area (Å²) in [6.45, 7) is 3.80. The largest absolute Gasteiger partial charge is 0.455 e. The zero-order valence-corrected chi connectivity index (χ0v) is 11.3. The Bertz CT molecular complexity index is 509. The number of rotatable bonds is 1. The molecule has 0 radical (unpaired) electrons. The highest BCUT2D eigenvalue weighted by molar-refractivity contribution is 6.01. The van der Waals surface area contributed by atoms with E-state index in [1.54, 1.807) is 6.07 Å². The third-order valence-electron chi connectivity index (χ3n) is 4.20. The Morgan fingerprint density at radius 2 is 2.05 bits per heavy atom. The van der Waals surface area contributed by atoms with Crippen LogP contribution in [0.5, 0.6) is 0 Å². The number of hydrogen-bond acceptors (Lipinski definition) is 3. The summed E-state index contributed by atoms with van der Waals surface area (Å²) in [5.41, 5.74) is 0.625. The minimum atomic E-state index is -0.0610. The smallest absolute Gasteiger partial charge is 0.289 e. The van der Waals surface area contributed by atoms with E-state index < -0.39 is 0 Å². The van der Waals surface area contributed by atoms with Gasteiger partial charge in [0, 0.05) is 32.0 Å². The van der Waals surface area contributed by atoms with Gasteiger partial charge < -0.3 is 9.32 Å². The van der Waals surface area contributed by atoms with Gasteiger partial charge in [0.25, 0.3) is 5.91 Å². The Labute approximate surface area is 112 Å². The third-order valence-corrected chi connectivity index (χ3v) is 4.20. The van der Waals surface area contributed by atoms with Crippen LogP contribution in [0, 0.1) is 5.92 Å². The molecule has 19 heavy (non-hydrogen) atoms. The molecular weight excluding hydrogens is 242 g/mol. The standard InChI is InChI=1S/C15H19NO3/c1-10-5-7-16(8-6-10)15(18)14-9-11-12(17)3-2-4-13(11)19-14/h9-10H,2-8H2,1H3. The lowest BCUT2D eigenvalue weighted by Crippen LogP contribution is -2.37. The van der Waals surface area contributed by atoms with Crippen LogP contribution in [-0.2, 0) is 6.42 Å². The first-order valence-corrected chi connectivity index (χ1v) is 7.10. The van der Waals surface area contributed by atoms with Crippen molar-refractivity contribution in [3.63, 3.8) is 0 Å². The van der Waals surface area contributed by atoms with Crippen LogP contribution in [-0.4, -0.2) is 29.7 Å². The predicted octanol–water partition coefficient (Wildman–Crippen LogP) is 2.67. The molecule has 0 spiro atoms. The van der Waals surface area contributed by atoms with Crippen LogP contribution >= 0.6 is 0 Å². The lowest BCUT2D eigenvalue weighted by molar-refractivity contribution is 0.0662. The van der Waals surface area contributed by atoms with E-state index in [1.165, 1.54) is 0 Å². The fourth-order valence-corrected chi connectivity index (χ4v) is 2.87. The number of furan rings is 1. The van der Waals surface area contributed by atoms with Gasteiger partial charge in [0.15, 0.2) is 11.5 Å². The van der Waals surface area contributed by atoms with Gasteiger partial charge >= 0.3 is 0 Å². The van der Waals surface area contributed by atoms with Gasteiger partial charge in [-0.3, -0.25) is 9.59 Å². The molecular formula is C15H19NO3. The van der Waals surface area contributed by atoms with Crippen LogP contribution in [0.15, 0.2) is 10.5 Å². The Kier molecular flexibility index (Phi) is 3.17.